The molecule has 2 amide bonds. The average Bonchev–Trinajstić information content (AvgIpc) is 3.56. The molecule has 2 fully saturated rings. The number of hydrogen-bond donors (Lipinski definition) is 0. The van der Waals surface area contributed by atoms with Gasteiger partial charge in [-0.1, -0.05) is 67.4 Å². The smallest absolute Gasteiger partial charge is 0.410 e. The quantitative estimate of drug-likeness (QED) is 0.173. The van der Waals surface area contributed by atoms with E-state index in [0.29, 0.717) is 37.7 Å². The van der Waals surface area contributed by atoms with Crippen molar-refractivity contribution >= 4 is 23.6 Å². The summed E-state index contributed by atoms with van der Waals surface area (Å²) in [7, 11) is 0. The van der Waals surface area contributed by atoms with Crippen molar-refractivity contribution < 1.29 is 14.3 Å². The summed E-state index contributed by atoms with van der Waals surface area (Å²) < 4.78 is 8.32. The monoisotopic (exact) mass is 708 g/mol. The van der Waals surface area contributed by atoms with Gasteiger partial charge in [0, 0.05) is 69.3 Å². The van der Waals surface area contributed by atoms with Crippen LogP contribution in [-0.4, -0.2) is 79.6 Å². The number of hydrogen-bond acceptors (Lipinski definition) is 6. The highest BCUT2D eigenvalue weighted by Gasteiger charge is 2.42. The van der Waals surface area contributed by atoms with Crippen LogP contribution in [-0.2, 0) is 41.9 Å². The fourth-order valence-electron chi connectivity index (χ4n) is 8.19. The molecular formula is C41H49ClN6O3. The standard InChI is InChI=1S/C41H49ClN6O3/c1-2-37-43-21-24-45(37)22-10-23-47(28-30-11-5-3-6-12-30)40(49)36-29-46(25-26-48(36)41(50)51-34-14-7-4-8-15-34)39-35-19-18-33(42)27-32(35)17-16-31-13-9-20-44-38(31)39/h3,5-6,9,11-13,18-21,24,27,34,36,39H,2,4,7-8,10,14-17,22-23,25-26,28-29H2,1H3/t36-,39?/m1/s1. The molecule has 9 nitrogen and oxygen atoms in total. The number of rotatable bonds is 10. The summed E-state index contributed by atoms with van der Waals surface area (Å²) in [6.45, 7) is 5.22. The van der Waals surface area contributed by atoms with Crippen LogP contribution in [0, 0.1) is 0 Å². The minimum atomic E-state index is -0.718. The van der Waals surface area contributed by atoms with E-state index in [1.54, 1.807) is 4.90 Å². The van der Waals surface area contributed by atoms with Crippen molar-refractivity contribution in [2.24, 2.45) is 0 Å². The zero-order valence-corrected chi connectivity index (χ0v) is 30.4. The first-order chi connectivity index (χ1) is 25.0. The van der Waals surface area contributed by atoms with Crippen LogP contribution in [0.1, 0.15) is 85.3 Å². The predicted octanol–water partition coefficient (Wildman–Crippen LogP) is 7.26. The lowest BCUT2D eigenvalue weighted by Crippen LogP contribution is -2.62. The van der Waals surface area contributed by atoms with Gasteiger partial charge < -0.3 is 14.2 Å². The number of carbonyl (C=O) groups excluding carboxylic acids is 2. The molecule has 0 radical (unpaired) electrons. The number of ether oxygens (including phenoxy) is 1. The number of benzene rings is 2. The van der Waals surface area contributed by atoms with E-state index in [1.807, 2.05) is 53.8 Å². The topological polar surface area (TPSA) is 83.8 Å². The Morgan fingerprint density at radius 2 is 1.76 bits per heavy atom. The molecule has 2 aromatic heterocycles. The third kappa shape index (κ3) is 8.15. The van der Waals surface area contributed by atoms with Gasteiger partial charge in [-0.15, -0.1) is 0 Å². The number of imidazole rings is 1. The lowest BCUT2D eigenvalue weighted by molar-refractivity contribution is -0.140. The van der Waals surface area contributed by atoms with E-state index < -0.39 is 6.04 Å². The van der Waals surface area contributed by atoms with Gasteiger partial charge in [-0.2, -0.15) is 0 Å². The van der Waals surface area contributed by atoms with Crippen molar-refractivity contribution in [3.63, 3.8) is 0 Å². The van der Waals surface area contributed by atoms with Gasteiger partial charge in [0.15, 0.2) is 0 Å². The number of nitrogens with zero attached hydrogens (tertiary/aromatic N) is 6. The van der Waals surface area contributed by atoms with Gasteiger partial charge in [0.05, 0.1) is 11.7 Å². The van der Waals surface area contributed by atoms with Crippen molar-refractivity contribution in [1.29, 1.82) is 0 Å². The number of amides is 2. The van der Waals surface area contributed by atoms with E-state index in [0.717, 1.165) is 80.6 Å². The highest BCUT2D eigenvalue weighted by molar-refractivity contribution is 6.30. The fraction of sp³-hybridized carbons (Fsp3) is 0.463. The molecule has 10 heteroatoms. The van der Waals surface area contributed by atoms with Gasteiger partial charge in [0.25, 0.3) is 0 Å². The molecule has 1 saturated heterocycles. The molecule has 4 aromatic rings. The van der Waals surface area contributed by atoms with Crippen LogP contribution in [0.25, 0.3) is 0 Å². The highest BCUT2D eigenvalue weighted by atomic mass is 35.5. The van der Waals surface area contributed by atoms with Crippen molar-refractivity contribution in [1.82, 2.24) is 29.2 Å². The largest absolute Gasteiger partial charge is 0.446 e. The number of fused-ring (bicyclic) bond motifs is 2. The van der Waals surface area contributed by atoms with Gasteiger partial charge in [0.1, 0.15) is 18.0 Å². The minimum Gasteiger partial charge on any atom is -0.446 e. The van der Waals surface area contributed by atoms with Gasteiger partial charge in [-0.25, -0.2) is 9.78 Å². The fourth-order valence-corrected chi connectivity index (χ4v) is 8.38. The second-order valence-corrected chi connectivity index (χ2v) is 14.6. The molecule has 268 valence electrons. The Balaban J connectivity index is 1.21. The first-order valence-corrected chi connectivity index (χ1v) is 19.1. The van der Waals surface area contributed by atoms with E-state index >= 15 is 4.79 Å². The Kier molecular flexibility index (Phi) is 11.3. The summed E-state index contributed by atoms with van der Waals surface area (Å²) in [4.78, 5) is 44.6. The number of halogens is 1. The number of piperazine rings is 1. The first-order valence-electron chi connectivity index (χ1n) is 18.7. The molecule has 0 N–H and O–H groups in total. The lowest BCUT2D eigenvalue weighted by atomic mass is 9.95. The molecule has 3 heterocycles. The SMILES string of the molecule is CCc1nccn1CCCN(Cc1ccccc1)C(=O)[C@H]1CN(C2c3ccc(Cl)cc3CCc3cccnc32)CCN1C(=O)OC1CCCCC1. The summed E-state index contributed by atoms with van der Waals surface area (Å²) in [6.07, 6.45) is 13.6. The number of pyridine rings is 1. The number of aryl methyl sites for hydroxylation is 4. The van der Waals surface area contributed by atoms with Crippen LogP contribution in [0.5, 0.6) is 0 Å². The van der Waals surface area contributed by atoms with Crippen molar-refractivity contribution in [2.75, 3.05) is 26.2 Å². The first kappa shape index (κ1) is 35.2. The van der Waals surface area contributed by atoms with E-state index in [-0.39, 0.29) is 24.1 Å². The molecule has 0 bridgehead atoms. The normalized spacial score (nSPS) is 19.5. The summed E-state index contributed by atoms with van der Waals surface area (Å²) in [5, 5.41) is 0.716. The van der Waals surface area contributed by atoms with Crippen LogP contribution in [0.15, 0.2) is 79.3 Å². The maximum atomic E-state index is 15.1. The molecule has 0 spiro atoms. The predicted molar refractivity (Wildman–Crippen MR) is 198 cm³/mol. The second kappa shape index (κ2) is 16.4. The maximum absolute atomic E-state index is 15.1. The van der Waals surface area contributed by atoms with Gasteiger partial charge in [-0.3, -0.25) is 19.6 Å². The van der Waals surface area contributed by atoms with E-state index in [2.05, 4.69) is 51.7 Å². The molecule has 2 atom stereocenters. The molecule has 1 aliphatic heterocycles. The maximum Gasteiger partial charge on any atom is 0.410 e. The zero-order valence-electron chi connectivity index (χ0n) is 29.6. The summed E-state index contributed by atoms with van der Waals surface area (Å²) >= 11 is 6.52. The van der Waals surface area contributed by atoms with Crippen LogP contribution < -0.4 is 0 Å². The molecular weight excluding hydrogens is 660 g/mol. The van der Waals surface area contributed by atoms with Crippen LogP contribution >= 0.6 is 11.6 Å². The summed E-state index contributed by atoms with van der Waals surface area (Å²) in [6, 6.07) is 19.5. The Morgan fingerprint density at radius 3 is 2.59 bits per heavy atom. The van der Waals surface area contributed by atoms with Gasteiger partial charge in [-0.05, 0) is 85.4 Å². The van der Waals surface area contributed by atoms with Gasteiger partial charge >= 0.3 is 6.09 Å². The highest BCUT2D eigenvalue weighted by Crippen LogP contribution is 2.38. The van der Waals surface area contributed by atoms with E-state index in [4.69, 9.17) is 21.3 Å². The number of carbonyl (C=O) groups is 2. The molecule has 51 heavy (non-hydrogen) atoms. The molecule has 3 aliphatic rings. The van der Waals surface area contributed by atoms with Gasteiger partial charge in [0.2, 0.25) is 5.91 Å². The van der Waals surface area contributed by atoms with Crippen LogP contribution in [0.2, 0.25) is 5.02 Å². The summed E-state index contributed by atoms with van der Waals surface area (Å²) in [5.74, 6) is 0.978. The third-order valence-electron chi connectivity index (χ3n) is 10.8. The third-order valence-corrected chi connectivity index (χ3v) is 11.1. The average molecular weight is 709 g/mol. The Hall–Kier alpha value is -4.21. The van der Waals surface area contributed by atoms with E-state index in [9.17, 15) is 4.79 Å². The Bertz CT molecular complexity index is 1790. The molecule has 1 unspecified atom stereocenters. The van der Waals surface area contributed by atoms with Crippen molar-refractivity contribution in [3.8, 4) is 0 Å². The Labute approximate surface area is 306 Å². The van der Waals surface area contributed by atoms with Crippen molar-refractivity contribution in [2.45, 2.75) is 96.0 Å². The molecule has 1 saturated carbocycles. The van der Waals surface area contributed by atoms with Crippen LogP contribution in [0.3, 0.4) is 0 Å². The minimum absolute atomic E-state index is 0.0586. The van der Waals surface area contributed by atoms with Crippen molar-refractivity contribution in [3.05, 3.63) is 118 Å². The second-order valence-electron chi connectivity index (χ2n) is 14.1. The van der Waals surface area contributed by atoms with Crippen LogP contribution in [0.4, 0.5) is 4.79 Å². The molecule has 2 aliphatic carbocycles. The summed E-state index contributed by atoms with van der Waals surface area (Å²) in [5.41, 5.74) is 5.63. The molecule has 2 aromatic carbocycles. The zero-order chi connectivity index (χ0) is 35.2. The molecule has 7 rings (SSSR count). The number of aromatic nitrogens is 3. The lowest BCUT2D eigenvalue weighted by Gasteiger charge is -2.45. The Morgan fingerprint density at radius 1 is 0.941 bits per heavy atom. The van der Waals surface area contributed by atoms with E-state index in [1.165, 1.54) is 17.5 Å².